The van der Waals surface area contributed by atoms with E-state index in [-0.39, 0.29) is 6.04 Å². The maximum absolute atomic E-state index is 5.39. The molecule has 6 heteroatoms. The predicted octanol–water partition coefficient (Wildman–Crippen LogP) is 3.06. The summed E-state index contributed by atoms with van der Waals surface area (Å²) in [7, 11) is 3.72. The van der Waals surface area contributed by atoms with Crippen molar-refractivity contribution in [2.75, 3.05) is 14.2 Å². The molecule has 0 aliphatic carbocycles. The zero-order valence-corrected chi connectivity index (χ0v) is 13.5. The highest BCUT2D eigenvalue weighted by molar-refractivity contribution is 5.46. The van der Waals surface area contributed by atoms with Crippen LogP contribution in [0, 0.1) is 0 Å². The van der Waals surface area contributed by atoms with Crippen molar-refractivity contribution in [1.82, 2.24) is 19.8 Å². The summed E-state index contributed by atoms with van der Waals surface area (Å²) in [4.78, 5) is 2.20. The first-order chi connectivity index (χ1) is 11.2. The van der Waals surface area contributed by atoms with Gasteiger partial charge in [0.25, 0.3) is 0 Å². The summed E-state index contributed by atoms with van der Waals surface area (Å²) >= 11 is 0. The Labute approximate surface area is 135 Å². The standard InChI is InChI=1S/C17H20N4O2/c1-13(15-8-9-23-19-15)20(2)11-14-10-18-21(12-14)16-6-4-5-7-17(16)22-3/h4-10,12-13H,11H2,1-3H3/t13-/m1/s1. The molecule has 0 aliphatic heterocycles. The molecule has 0 aliphatic rings. The number of hydrogen-bond donors (Lipinski definition) is 0. The minimum absolute atomic E-state index is 0.170. The Morgan fingerprint density at radius 2 is 2.13 bits per heavy atom. The Bertz CT molecular complexity index is 752. The summed E-state index contributed by atoms with van der Waals surface area (Å²) in [5.41, 5.74) is 2.96. The van der Waals surface area contributed by atoms with Crippen molar-refractivity contribution in [2.45, 2.75) is 19.5 Å². The lowest BCUT2D eigenvalue weighted by atomic mass is 10.2. The Kier molecular flexibility index (Phi) is 4.43. The van der Waals surface area contributed by atoms with E-state index in [0.29, 0.717) is 0 Å². The smallest absolute Gasteiger partial charge is 0.144 e. The summed E-state index contributed by atoms with van der Waals surface area (Å²) in [5, 5.41) is 8.45. The van der Waals surface area contributed by atoms with Crippen LogP contribution in [0.25, 0.3) is 5.69 Å². The van der Waals surface area contributed by atoms with Crippen molar-refractivity contribution in [3.63, 3.8) is 0 Å². The molecule has 0 spiro atoms. The van der Waals surface area contributed by atoms with Crippen molar-refractivity contribution in [3.8, 4) is 11.4 Å². The lowest BCUT2D eigenvalue weighted by Gasteiger charge is -2.21. The number of para-hydroxylation sites is 2. The van der Waals surface area contributed by atoms with Gasteiger partial charge in [0.2, 0.25) is 0 Å². The summed E-state index contributed by atoms with van der Waals surface area (Å²) in [5.74, 6) is 0.798. The van der Waals surface area contributed by atoms with Crippen LogP contribution in [0.3, 0.4) is 0 Å². The third kappa shape index (κ3) is 3.27. The van der Waals surface area contributed by atoms with Gasteiger partial charge in [-0.25, -0.2) is 4.68 Å². The van der Waals surface area contributed by atoms with Crippen molar-refractivity contribution >= 4 is 0 Å². The summed E-state index contributed by atoms with van der Waals surface area (Å²) in [6, 6.07) is 9.88. The van der Waals surface area contributed by atoms with Crippen LogP contribution < -0.4 is 4.74 Å². The van der Waals surface area contributed by atoms with Gasteiger partial charge in [0.1, 0.15) is 23.4 Å². The second kappa shape index (κ2) is 6.66. The average molecular weight is 312 g/mol. The van der Waals surface area contributed by atoms with Crippen LogP contribution >= 0.6 is 0 Å². The minimum Gasteiger partial charge on any atom is -0.494 e. The normalized spacial score (nSPS) is 12.5. The number of aromatic nitrogens is 3. The summed E-state index contributed by atoms with van der Waals surface area (Å²) in [6.07, 6.45) is 5.49. The molecule has 0 radical (unpaired) electrons. The van der Waals surface area contributed by atoms with Gasteiger partial charge in [0, 0.05) is 24.4 Å². The molecule has 0 amide bonds. The maximum Gasteiger partial charge on any atom is 0.144 e. The number of nitrogens with zero attached hydrogens (tertiary/aromatic N) is 4. The molecular weight excluding hydrogens is 292 g/mol. The van der Waals surface area contributed by atoms with Crippen LogP contribution in [0.15, 0.2) is 53.5 Å². The molecule has 6 nitrogen and oxygen atoms in total. The fourth-order valence-corrected chi connectivity index (χ4v) is 2.48. The van der Waals surface area contributed by atoms with Crippen LogP contribution in [0.4, 0.5) is 0 Å². The molecule has 0 bridgehead atoms. The molecule has 0 saturated carbocycles. The molecule has 2 aromatic heterocycles. The molecule has 0 N–H and O–H groups in total. The number of hydrogen-bond acceptors (Lipinski definition) is 5. The average Bonchev–Trinajstić information content (AvgIpc) is 3.26. The molecule has 23 heavy (non-hydrogen) atoms. The highest BCUT2D eigenvalue weighted by Crippen LogP contribution is 2.23. The molecule has 1 aromatic carbocycles. The van der Waals surface area contributed by atoms with Gasteiger partial charge in [-0.15, -0.1) is 0 Å². The number of methoxy groups -OCH3 is 1. The highest BCUT2D eigenvalue weighted by atomic mass is 16.5. The zero-order valence-electron chi connectivity index (χ0n) is 13.5. The van der Waals surface area contributed by atoms with E-state index in [4.69, 9.17) is 9.26 Å². The lowest BCUT2D eigenvalue weighted by Crippen LogP contribution is -2.21. The second-order valence-corrected chi connectivity index (χ2v) is 5.48. The molecule has 2 heterocycles. The lowest BCUT2D eigenvalue weighted by molar-refractivity contribution is 0.241. The van der Waals surface area contributed by atoms with Crippen molar-refractivity contribution in [2.24, 2.45) is 0 Å². The zero-order chi connectivity index (χ0) is 16.2. The third-order valence-electron chi connectivity index (χ3n) is 3.95. The topological polar surface area (TPSA) is 56.3 Å². The van der Waals surface area contributed by atoms with Gasteiger partial charge >= 0.3 is 0 Å². The van der Waals surface area contributed by atoms with Gasteiger partial charge in [0.05, 0.1) is 19.3 Å². The Morgan fingerprint density at radius 1 is 1.30 bits per heavy atom. The van der Waals surface area contributed by atoms with Crippen LogP contribution in [0.1, 0.15) is 24.2 Å². The number of benzene rings is 1. The fourth-order valence-electron chi connectivity index (χ4n) is 2.48. The SMILES string of the molecule is COc1ccccc1-n1cc(CN(C)[C@H](C)c2ccon2)cn1. The van der Waals surface area contributed by atoms with Gasteiger partial charge in [-0.3, -0.25) is 4.90 Å². The molecular formula is C17H20N4O2. The van der Waals surface area contributed by atoms with E-state index in [2.05, 4.69) is 29.1 Å². The molecule has 120 valence electrons. The van der Waals surface area contributed by atoms with Crippen LogP contribution in [0.2, 0.25) is 0 Å². The second-order valence-electron chi connectivity index (χ2n) is 5.48. The Hall–Kier alpha value is -2.60. The molecule has 3 rings (SSSR count). The summed E-state index contributed by atoms with van der Waals surface area (Å²) < 4.78 is 12.1. The maximum atomic E-state index is 5.39. The number of rotatable bonds is 6. The molecule has 0 fully saturated rings. The quantitative estimate of drug-likeness (QED) is 0.700. The third-order valence-corrected chi connectivity index (χ3v) is 3.95. The first-order valence-corrected chi connectivity index (χ1v) is 7.46. The van der Waals surface area contributed by atoms with E-state index in [1.807, 2.05) is 47.4 Å². The van der Waals surface area contributed by atoms with E-state index in [0.717, 1.165) is 29.2 Å². The Morgan fingerprint density at radius 3 is 2.87 bits per heavy atom. The molecule has 1 atom stereocenters. The monoisotopic (exact) mass is 312 g/mol. The van der Waals surface area contributed by atoms with E-state index >= 15 is 0 Å². The molecule has 0 saturated heterocycles. The van der Waals surface area contributed by atoms with Gasteiger partial charge in [-0.2, -0.15) is 5.10 Å². The van der Waals surface area contributed by atoms with Crippen molar-refractivity contribution in [1.29, 1.82) is 0 Å². The largest absolute Gasteiger partial charge is 0.494 e. The van der Waals surface area contributed by atoms with E-state index in [1.165, 1.54) is 0 Å². The van der Waals surface area contributed by atoms with E-state index in [1.54, 1.807) is 13.4 Å². The van der Waals surface area contributed by atoms with E-state index in [9.17, 15) is 0 Å². The van der Waals surface area contributed by atoms with Crippen LogP contribution in [-0.4, -0.2) is 34.0 Å². The minimum atomic E-state index is 0.170. The van der Waals surface area contributed by atoms with Gasteiger partial charge in [-0.1, -0.05) is 17.3 Å². The van der Waals surface area contributed by atoms with Crippen molar-refractivity contribution < 1.29 is 9.26 Å². The molecule has 3 aromatic rings. The van der Waals surface area contributed by atoms with Crippen LogP contribution in [0.5, 0.6) is 5.75 Å². The van der Waals surface area contributed by atoms with Gasteiger partial charge < -0.3 is 9.26 Å². The predicted molar refractivity (Wildman–Crippen MR) is 86.5 cm³/mol. The molecule has 0 unspecified atom stereocenters. The highest BCUT2D eigenvalue weighted by Gasteiger charge is 2.15. The first-order valence-electron chi connectivity index (χ1n) is 7.46. The summed E-state index contributed by atoms with van der Waals surface area (Å²) in [6.45, 7) is 2.87. The van der Waals surface area contributed by atoms with E-state index < -0.39 is 0 Å². The van der Waals surface area contributed by atoms with Gasteiger partial charge in [-0.05, 0) is 26.1 Å². The number of ether oxygens (including phenoxy) is 1. The van der Waals surface area contributed by atoms with Crippen molar-refractivity contribution in [3.05, 3.63) is 60.2 Å². The van der Waals surface area contributed by atoms with Crippen LogP contribution in [-0.2, 0) is 6.54 Å². The van der Waals surface area contributed by atoms with Gasteiger partial charge in [0.15, 0.2) is 0 Å². The first kappa shape index (κ1) is 15.3. The Balaban J connectivity index is 1.74. The fraction of sp³-hybridized carbons (Fsp3) is 0.294.